The monoisotopic (exact) mass is 312 g/mol. The fraction of sp³-hybridized carbons (Fsp3) is 0.526. The van der Waals surface area contributed by atoms with Crippen LogP contribution >= 0.6 is 0 Å². The number of nitrogens with two attached hydrogens (primary N) is 1. The third kappa shape index (κ3) is 4.06. The molecule has 0 spiro atoms. The fourth-order valence-corrected chi connectivity index (χ4v) is 3.55. The van der Waals surface area contributed by atoms with Crippen LogP contribution in [0, 0.1) is 6.92 Å². The molecule has 0 atom stereocenters. The molecule has 1 aliphatic carbocycles. The lowest BCUT2D eigenvalue weighted by molar-refractivity contribution is 0.530. The summed E-state index contributed by atoms with van der Waals surface area (Å²) in [5, 5.41) is 4.71. The number of H-pyrrole nitrogens is 1. The highest BCUT2D eigenvalue weighted by molar-refractivity contribution is 5.86. The Labute approximate surface area is 138 Å². The van der Waals surface area contributed by atoms with E-state index in [9.17, 15) is 0 Å². The van der Waals surface area contributed by atoms with Gasteiger partial charge in [0.1, 0.15) is 0 Å². The summed E-state index contributed by atoms with van der Waals surface area (Å²) in [7, 11) is 0. The van der Waals surface area contributed by atoms with Gasteiger partial charge in [0, 0.05) is 29.7 Å². The molecule has 23 heavy (non-hydrogen) atoms. The Balaban J connectivity index is 1.55. The molecule has 1 aromatic carbocycles. The zero-order chi connectivity index (χ0) is 16.1. The lowest BCUT2D eigenvalue weighted by atomic mass is 10.1. The molecule has 1 saturated carbocycles. The van der Waals surface area contributed by atoms with Crippen molar-refractivity contribution in [3.63, 3.8) is 0 Å². The van der Waals surface area contributed by atoms with Crippen molar-refractivity contribution in [1.82, 2.24) is 10.3 Å². The van der Waals surface area contributed by atoms with E-state index in [1.165, 1.54) is 60.6 Å². The van der Waals surface area contributed by atoms with E-state index < -0.39 is 0 Å². The molecular weight excluding hydrogens is 284 g/mol. The molecule has 1 aliphatic rings. The number of fused-ring (bicyclic) bond motifs is 1. The predicted molar refractivity (Wildman–Crippen MR) is 97.9 cm³/mol. The predicted octanol–water partition coefficient (Wildman–Crippen LogP) is 3.65. The van der Waals surface area contributed by atoms with Crippen molar-refractivity contribution in [1.29, 1.82) is 0 Å². The molecule has 4 N–H and O–H groups in total. The topological polar surface area (TPSA) is 66.2 Å². The summed E-state index contributed by atoms with van der Waals surface area (Å²) in [5.74, 6) is 0.605. The van der Waals surface area contributed by atoms with Gasteiger partial charge in [-0.3, -0.25) is 4.99 Å². The second kappa shape index (κ2) is 7.53. The number of aromatic amines is 1. The van der Waals surface area contributed by atoms with E-state index in [2.05, 4.69) is 46.6 Å². The van der Waals surface area contributed by atoms with Crippen molar-refractivity contribution in [2.45, 2.75) is 57.9 Å². The van der Waals surface area contributed by atoms with Crippen LogP contribution in [-0.4, -0.2) is 23.5 Å². The van der Waals surface area contributed by atoms with Crippen molar-refractivity contribution in [2.24, 2.45) is 10.7 Å². The van der Waals surface area contributed by atoms with E-state index >= 15 is 0 Å². The molecule has 124 valence electrons. The molecule has 1 heterocycles. The van der Waals surface area contributed by atoms with Gasteiger partial charge in [-0.2, -0.15) is 0 Å². The molecule has 0 radical (unpaired) electrons. The second-order valence-corrected chi connectivity index (χ2v) is 6.66. The van der Waals surface area contributed by atoms with Crippen LogP contribution in [0.1, 0.15) is 49.7 Å². The summed E-state index contributed by atoms with van der Waals surface area (Å²) in [6, 6.07) is 6.93. The van der Waals surface area contributed by atoms with E-state index in [1.54, 1.807) is 0 Å². The number of nitrogens with one attached hydrogen (secondary N) is 2. The summed E-state index contributed by atoms with van der Waals surface area (Å²) in [4.78, 5) is 7.89. The van der Waals surface area contributed by atoms with Gasteiger partial charge in [0.15, 0.2) is 5.96 Å². The first-order chi connectivity index (χ1) is 11.2. The molecule has 4 heteroatoms. The first-order valence-corrected chi connectivity index (χ1v) is 8.86. The zero-order valence-corrected chi connectivity index (χ0v) is 14.1. The average Bonchev–Trinajstić information content (AvgIpc) is 2.78. The SMILES string of the molecule is Cc1cccc2c(CCN=C(N)NC3CCCCCC3)c[nH]c12. The van der Waals surface area contributed by atoms with Gasteiger partial charge in [-0.25, -0.2) is 0 Å². The Morgan fingerprint density at radius 2 is 2.04 bits per heavy atom. The zero-order valence-electron chi connectivity index (χ0n) is 14.1. The van der Waals surface area contributed by atoms with Crippen molar-refractivity contribution in [2.75, 3.05) is 6.54 Å². The minimum atomic E-state index is 0.511. The maximum atomic E-state index is 6.06. The highest BCUT2D eigenvalue weighted by atomic mass is 15.1. The molecular formula is C19H28N4. The molecule has 0 saturated heterocycles. The van der Waals surface area contributed by atoms with E-state index in [4.69, 9.17) is 5.73 Å². The van der Waals surface area contributed by atoms with Crippen LogP contribution in [0.15, 0.2) is 29.4 Å². The van der Waals surface area contributed by atoms with Crippen LogP contribution < -0.4 is 11.1 Å². The molecule has 0 bridgehead atoms. The Kier molecular flexibility index (Phi) is 5.21. The van der Waals surface area contributed by atoms with Gasteiger partial charge in [0.25, 0.3) is 0 Å². The molecule has 0 amide bonds. The van der Waals surface area contributed by atoms with Crippen LogP contribution in [0.2, 0.25) is 0 Å². The third-order valence-corrected chi connectivity index (χ3v) is 4.88. The molecule has 2 aromatic rings. The minimum absolute atomic E-state index is 0.511. The quantitative estimate of drug-likeness (QED) is 0.458. The fourth-order valence-electron chi connectivity index (χ4n) is 3.55. The number of benzene rings is 1. The van der Waals surface area contributed by atoms with Gasteiger partial charge in [-0.15, -0.1) is 0 Å². The highest BCUT2D eigenvalue weighted by Crippen LogP contribution is 2.21. The Hall–Kier alpha value is -1.97. The van der Waals surface area contributed by atoms with Crippen molar-refractivity contribution < 1.29 is 0 Å². The third-order valence-electron chi connectivity index (χ3n) is 4.88. The molecule has 3 rings (SSSR count). The largest absolute Gasteiger partial charge is 0.370 e. The first kappa shape index (κ1) is 15.9. The van der Waals surface area contributed by atoms with E-state index in [1.807, 2.05) is 0 Å². The van der Waals surface area contributed by atoms with Gasteiger partial charge < -0.3 is 16.0 Å². The van der Waals surface area contributed by atoms with E-state index in [0.29, 0.717) is 12.0 Å². The Morgan fingerprint density at radius 3 is 2.83 bits per heavy atom. The first-order valence-electron chi connectivity index (χ1n) is 8.86. The smallest absolute Gasteiger partial charge is 0.188 e. The van der Waals surface area contributed by atoms with Crippen molar-refractivity contribution >= 4 is 16.9 Å². The van der Waals surface area contributed by atoms with Gasteiger partial charge in [-0.1, -0.05) is 43.9 Å². The van der Waals surface area contributed by atoms with Crippen LogP contribution in [0.4, 0.5) is 0 Å². The van der Waals surface area contributed by atoms with Gasteiger partial charge in [-0.05, 0) is 37.3 Å². The summed E-state index contributed by atoms with van der Waals surface area (Å²) in [6.07, 6.45) is 10.8. The molecule has 0 aliphatic heterocycles. The number of hydrogen-bond donors (Lipinski definition) is 3. The summed E-state index contributed by atoms with van der Waals surface area (Å²) in [5.41, 5.74) is 9.89. The number of aromatic nitrogens is 1. The number of rotatable bonds is 4. The van der Waals surface area contributed by atoms with Crippen LogP contribution in [0.5, 0.6) is 0 Å². The van der Waals surface area contributed by atoms with Crippen LogP contribution in [-0.2, 0) is 6.42 Å². The maximum absolute atomic E-state index is 6.06. The highest BCUT2D eigenvalue weighted by Gasteiger charge is 2.12. The Bertz CT molecular complexity index is 663. The number of aliphatic imine (C=N–C) groups is 1. The summed E-state index contributed by atoms with van der Waals surface area (Å²) in [6.45, 7) is 2.86. The van der Waals surface area contributed by atoms with Gasteiger partial charge in [0.2, 0.25) is 0 Å². The Morgan fingerprint density at radius 1 is 1.26 bits per heavy atom. The van der Waals surface area contributed by atoms with Crippen LogP contribution in [0.25, 0.3) is 10.9 Å². The van der Waals surface area contributed by atoms with Gasteiger partial charge in [0.05, 0.1) is 0 Å². The van der Waals surface area contributed by atoms with Crippen molar-refractivity contribution in [3.05, 3.63) is 35.5 Å². The molecule has 1 fully saturated rings. The lowest BCUT2D eigenvalue weighted by Gasteiger charge is -2.16. The minimum Gasteiger partial charge on any atom is -0.370 e. The number of nitrogens with zero attached hydrogens (tertiary/aromatic N) is 1. The number of hydrogen-bond acceptors (Lipinski definition) is 1. The van der Waals surface area contributed by atoms with E-state index in [0.717, 1.165) is 13.0 Å². The van der Waals surface area contributed by atoms with Crippen LogP contribution in [0.3, 0.4) is 0 Å². The second-order valence-electron chi connectivity index (χ2n) is 6.66. The maximum Gasteiger partial charge on any atom is 0.188 e. The lowest BCUT2D eigenvalue weighted by Crippen LogP contribution is -2.40. The average molecular weight is 312 g/mol. The summed E-state index contributed by atoms with van der Waals surface area (Å²) < 4.78 is 0. The van der Waals surface area contributed by atoms with E-state index in [-0.39, 0.29) is 0 Å². The standard InChI is InChI=1S/C19H28N4/c1-14-7-6-10-17-15(13-22-18(14)17)11-12-21-19(20)23-16-8-4-2-3-5-9-16/h6-7,10,13,16,22H,2-5,8-9,11-12H2,1H3,(H3,20,21,23). The molecule has 0 unspecified atom stereocenters. The number of para-hydroxylation sites is 1. The summed E-state index contributed by atoms with van der Waals surface area (Å²) >= 11 is 0. The number of guanidine groups is 1. The normalized spacial score (nSPS) is 17.3. The number of aryl methyl sites for hydroxylation is 1. The molecule has 1 aromatic heterocycles. The van der Waals surface area contributed by atoms with Crippen molar-refractivity contribution in [3.8, 4) is 0 Å². The molecule has 4 nitrogen and oxygen atoms in total. The van der Waals surface area contributed by atoms with Gasteiger partial charge >= 0.3 is 0 Å².